The number of nitro benzene ring substituents is 1. The van der Waals surface area contributed by atoms with Crippen molar-refractivity contribution in [3.8, 4) is 0 Å². The average Bonchev–Trinajstić information content (AvgIpc) is 2.44. The summed E-state index contributed by atoms with van der Waals surface area (Å²) in [4.78, 5) is 22.2. The summed E-state index contributed by atoms with van der Waals surface area (Å²) >= 11 is 0. The average molecular weight is 280 g/mol. The van der Waals surface area contributed by atoms with Gasteiger partial charge in [0.15, 0.2) is 0 Å². The second-order valence-corrected chi connectivity index (χ2v) is 4.78. The lowest BCUT2D eigenvalue weighted by Crippen LogP contribution is -2.49. The van der Waals surface area contributed by atoms with Crippen molar-refractivity contribution in [1.29, 1.82) is 0 Å². The lowest BCUT2D eigenvalue weighted by Gasteiger charge is -2.26. The van der Waals surface area contributed by atoms with E-state index in [1.807, 2.05) is 13.8 Å². The first-order valence-electron chi connectivity index (χ1n) is 6.44. The van der Waals surface area contributed by atoms with Crippen molar-refractivity contribution in [2.24, 2.45) is 5.73 Å². The van der Waals surface area contributed by atoms with E-state index in [2.05, 4.69) is 5.32 Å². The van der Waals surface area contributed by atoms with Crippen LogP contribution in [0.15, 0.2) is 18.2 Å². The fourth-order valence-electron chi connectivity index (χ4n) is 1.71. The first kappa shape index (κ1) is 15.9. The lowest BCUT2D eigenvalue weighted by atomic mass is 9.94. The highest BCUT2D eigenvalue weighted by molar-refractivity contribution is 5.99. The summed E-state index contributed by atoms with van der Waals surface area (Å²) in [6.45, 7) is 4.18. The number of anilines is 1. The Kier molecular flexibility index (Phi) is 5.04. The molecule has 7 heteroatoms. The Balaban J connectivity index is 2.87. The number of nitrogen functional groups attached to an aromatic ring is 1. The number of rotatable bonds is 6. The van der Waals surface area contributed by atoms with Gasteiger partial charge in [0, 0.05) is 29.9 Å². The van der Waals surface area contributed by atoms with Crippen LogP contribution in [0.1, 0.15) is 37.0 Å². The maximum Gasteiger partial charge on any atom is 0.270 e. The lowest BCUT2D eigenvalue weighted by molar-refractivity contribution is -0.384. The molecule has 1 rings (SSSR count). The predicted molar refractivity (Wildman–Crippen MR) is 77.3 cm³/mol. The normalized spacial score (nSPS) is 11.2. The highest BCUT2D eigenvalue weighted by Crippen LogP contribution is 2.20. The van der Waals surface area contributed by atoms with Crippen molar-refractivity contribution >= 4 is 17.3 Å². The Morgan fingerprint density at radius 2 is 2.00 bits per heavy atom. The second-order valence-electron chi connectivity index (χ2n) is 4.78. The number of benzene rings is 1. The maximum atomic E-state index is 12.0. The van der Waals surface area contributed by atoms with Gasteiger partial charge in [-0.3, -0.25) is 14.9 Å². The molecule has 0 fully saturated rings. The first-order valence-corrected chi connectivity index (χ1v) is 6.44. The van der Waals surface area contributed by atoms with Crippen LogP contribution in [0, 0.1) is 10.1 Å². The molecule has 0 aliphatic heterocycles. The number of nitrogens with zero attached hydrogens (tertiary/aromatic N) is 1. The molecule has 0 unspecified atom stereocenters. The third kappa shape index (κ3) is 3.67. The van der Waals surface area contributed by atoms with Crippen LogP contribution in [0.2, 0.25) is 0 Å². The molecule has 5 N–H and O–H groups in total. The zero-order chi connectivity index (χ0) is 15.3. The third-order valence-electron chi connectivity index (χ3n) is 3.50. The van der Waals surface area contributed by atoms with Gasteiger partial charge in [-0.15, -0.1) is 0 Å². The Morgan fingerprint density at radius 3 is 2.50 bits per heavy atom. The smallest absolute Gasteiger partial charge is 0.270 e. The topological polar surface area (TPSA) is 124 Å². The molecular weight excluding hydrogens is 260 g/mol. The van der Waals surface area contributed by atoms with Crippen LogP contribution in [0.5, 0.6) is 0 Å². The van der Waals surface area contributed by atoms with E-state index >= 15 is 0 Å². The molecule has 0 saturated carbocycles. The molecular formula is C13H20N4O3. The Labute approximate surface area is 117 Å². The molecule has 110 valence electrons. The minimum Gasteiger partial charge on any atom is -0.398 e. The minimum atomic E-state index is -0.568. The van der Waals surface area contributed by atoms with E-state index in [-0.39, 0.29) is 16.9 Å². The number of carbonyl (C=O) groups excluding carboxylic acids is 1. The number of nitrogens with one attached hydrogen (secondary N) is 1. The predicted octanol–water partition coefficient (Wildman–Crippen LogP) is 1.42. The highest BCUT2D eigenvalue weighted by atomic mass is 16.6. The van der Waals surface area contributed by atoms with E-state index in [9.17, 15) is 14.9 Å². The Bertz CT molecular complexity index is 512. The third-order valence-corrected chi connectivity index (χ3v) is 3.50. The van der Waals surface area contributed by atoms with E-state index in [1.54, 1.807) is 0 Å². The van der Waals surface area contributed by atoms with Crippen molar-refractivity contribution in [2.75, 3.05) is 12.3 Å². The van der Waals surface area contributed by atoms with Crippen molar-refractivity contribution in [3.63, 3.8) is 0 Å². The summed E-state index contributed by atoms with van der Waals surface area (Å²) in [5.41, 5.74) is 11.4. The molecule has 7 nitrogen and oxygen atoms in total. The number of amides is 1. The van der Waals surface area contributed by atoms with E-state index in [1.165, 1.54) is 18.2 Å². The van der Waals surface area contributed by atoms with Crippen LogP contribution < -0.4 is 16.8 Å². The summed E-state index contributed by atoms with van der Waals surface area (Å²) in [6, 6.07) is 3.78. The van der Waals surface area contributed by atoms with Gasteiger partial charge in [-0.25, -0.2) is 0 Å². The Hall–Kier alpha value is -2.15. The van der Waals surface area contributed by atoms with Gasteiger partial charge in [-0.1, -0.05) is 13.8 Å². The van der Waals surface area contributed by atoms with Crippen molar-refractivity contribution in [1.82, 2.24) is 5.32 Å². The zero-order valence-electron chi connectivity index (χ0n) is 11.7. The number of carbonyl (C=O) groups is 1. The van der Waals surface area contributed by atoms with E-state index in [0.717, 1.165) is 0 Å². The summed E-state index contributed by atoms with van der Waals surface area (Å²) in [5.74, 6) is -0.456. The van der Waals surface area contributed by atoms with Gasteiger partial charge in [0.05, 0.1) is 10.5 Å². The molecule has 0 aromatic heterocycles. The first-order chi connectivity index (χ1) is 9.33. The van der Waals surface area contributed by atoms with Crippen LogP contribution in [0.3, 0.4) is 0 Å². The van der Waals surface area contributed by atoms with Gasteiger partial charge in [0.1, 0.15) is 0 Å². The number of nitro groups is 1. The van der Waals surface area contributed by atoms with E-state index in [4.69, 9.17) is 11.5 Å². The molecule has 20 heavy (non-hydrogen) atoms. The monoisotopic (exact) mass is 280 g/mol. The molecule has 0 aliphatic carbocycles. The Morgan fingerprint density at radius 1 is 1.40 bits per heavy atom. The molecule has 0 atom stereocenters. The molecule has 0 bridgehead atoms. The minimum absolute atomic E-state index is 0.0914. The van der Waals surface area contributed by atoms with Gasteiger partial charge in [0.2, 0.25) is 0 Å². The van der Waals surface area contributed by atoms with E-state index in [0.29, 0.717) is 19.4 Å². The number of nitrogens with two attached hydrogens (primary N) is 2. The second kappa shape index (κ2) is 6.33. The summed E-state index contributed by atoms with van der Waals surface area (Å²) < 4.78 is 0. The molecule has 0 heterocycles. The van der Waals surface area contributed by atoms with Gasteiger partial charge in [-0.05, 0) is 18.9 Å². The largest absolute Gasteiger partial charge is 0.398 e. The molecule has 0 saturated heterocycles. The van der Waals surface area contributed by atoms with Crippen LogP contribution in [0.4, 0.5) is 11.4 Å². The molecule has 0 spiro atoms. The summed E-state index contributed by atoms with van der Waals surface area (Å²) in [7, 11) is 0. The molecule has 1 aromatic rings. The molecule has 0 radical (unpaired) electrons. The van der Waals surface area contributed by atoms with Gasteiger partial charge < -0.3 is 16.8 Å². The van der Waals surface area contributed by atoms with Crippen molar-refractivity contribution < 1.29 is 9.72 Å². The summed E-state index contributed by atoms with van der Waals surface area (Å²) in [5, 5.41) is 13.4. The van der Waals surface area contributed by atoms with Crippen molar-refractivity contribution in [2.45, 2.75) is 32.2 Å². The molecule has 1 amide bonds. The van der Waals surface area contributed by atoms with Gasteiger partial charge in [0.25, 0.3) is 11.6 Å². The fraction of sp³-hybridized carbons (Fsp3) is 0.462. The number of hydrogen-bond acceptors (Lipinski definition) is 5. The standard InChI is InChI=1S/C13H20N4O3/c1-3-13(15,4-2)8-16-12(18)10-7-9(17(19)20)5-6-11(10)14/h5-7H,3-4,8,14-15H2,1-2H3,(H,16,18). The quantitative estimate of drug-likeness (QED) is 0.413. The van der Waals surface area contributed by atoms with Crippen LogP contribution >= 0.6 is 0 Å². The van der Waals surface area contributed by atoms with E-state index < -0.39 is 16.4 Å². The van der Waals surface area contributed by atoms with Crippen LogP contribution in [-0.4, -0.2) is 22.9 Å². The fourth-order valence-corrected chi connectivity index (χ4v) is 1.71. The number of hydrogen-bond donors (Lipinski definition) is 3. The highest BCUT2D eigenvalue weighted by Gasteiger charge is 2.22. The molecule has 1 aromatic carbocycles. The summed E-state index contributed by atoms with van der Waals surface area (Å²) in [6.07, 6.45) is 1.43. The van der Waals surface area contributed by atoms with Crippen molar-refractivity contribution in [3.05, 3.63) is 33.9 Å². The number of non-ortho nitro benzene ring substituents is 1. The molecule has 0 aliphatic rings. The maximum absolute atomic E-state index is 12.0. The van der Waals surface area contributed by atoms with Gasteiger partial charge in [-0.2, -0.15) is 0 Å². The van der Waals surface area contributed by atoms with Crippen LogP contribution in [-0.2, 0) is 0 Å². The SMILES string of the molecule is CCC(N)(CC)CNC(=O)c1cc([N+](=O)[O-])ccc1N. The van der Waals surface area contributed by atoms with Crippen LogP contribution in [0.25, 0.3) is 0 Å². The zero-order valence-corrected chi connectivity index (χ0v) is 11.7. The van der Waals surface area contributed by atoms with Gasteiger partial charge >= 0.3 is 0 Å².